The van der Waals surface area contributed by atoms with E-state index in [0.717, 1.165) is 13.0 Å². The number of nitrogens with one attached hydrogen (secondary N) is 1. The molecule has 1 aromatic rings. The van der Waals surface area contributed by atoms with Gasteiger partial charge >= 0.3 is 0 Å². The normalized spacial score (nSPS) is 16.9. The molecule has 1 fully saturated rings. The molecule has 3 nitrogen and oxygen atoms in total. The van der Waals surface area contributed by atoms with Gasteiger partial charge in [0.2, 0.25) is 0 Å². The van der Waals surface area contributed by atoms with Crippen LogP contribution in [0.15, 0.2) is 24.3 Å². The molecule has 0 saturated carbocycles. The molecule has 1 saturated heterocycles. The van der Waals surface area contributed by atoms with E-state index in [1.54, 1.807) is 7.11 Å². The van der Waals surface area contributed by atoms with Gasteiger partial charge in [-0.3, -0.25) is 0 Å². The topological polar surface area (TPSA) is 24.5 Å². The molecule has 0 aliphatic carbocycles. The number of nitrogens with zero attached hydrogens (tertiary/aromatic N) is 1. The zero-order chi connectivity index (χ0) is 12.8. The minimum absolute atomic E-state index is 0.396. The van der Waals surface area contributed by atoms with E-state index in [1.165, 1.54) is 37.3 Å². The van der Waals surface area contributed by atoms with Gasteiger partial charge < -0.3 is 15.0 Å². The third-order valence-electron chi connectivity index (χ3n) is 3.57. The molecule has 2 rings (SSSR count). The lowest BCUT2D eigenvalue weighted by Crippen LogP contribution is -2.24. The zero-order valence-corrected chi connectivity index (χ0v) is 11.5. The van der Waals surface area contributed by atoms with E-state index < -0.39 is 0 Å². The largest absolute Gasteiger partial charge is 0.383 e. The molecule has 1 N–H and O–H groups in total. The number of hydrogen-bond acceptors (Lipinski definition) is 3. The number of ether oxygens (including phenoxy) is 1. The van der Waals surface area contributed by atoms with Crippen molar-refractivity contribution in [2.24, 2.45) is 0 Å². The second-order valence-electron chi connectivity index (χ2n) is 4.95. The van der Waals surface area contributed by atoms with Gasteiger partial charge in [-0.2, -0.15) is 0 Å². The third-order valence-corrected chi connectivity index (χ3v) is 3.57. The molecule has 100 valence electrons. The maximum Gasteiger partial charge on any atom is 0.0663 e. The third kappa shape index (κ3) is 3.39. The van der Waals surface area contributed by atoms with Gasteiger partial charge in [-0.15, -0.1) is 0 Å². The lowest BCUT2D eigenvalue weighted by Gasteiger charge is -2.20. The van der Waals surface area contributed by atoms with Crippen LogP contribution in [-0.2, 0) is 4.74 Å². The van der Waals surface area contributed by atoms with Crippen LogP contribution in [0.5, 0.6) is 0 Å². The Bertz CT molecular complexity index is 344. The molecule has 1 aromatic carbocycles. The number of rotatable bonds is 6. The summed E-state index contributed by atoms with van der Waals surface area (Å²) in [5.41, 5.74) is 2.53. The molecule has 1 atom stereocenters. The minimum atomic E-state index is 0.396. The summed E-state index contributed by atoms with van der Waals surface area (Å²) in [5, 5.41) is 3.50. The average molecular weight is 248 g/mol. The van der Waals surface area contributed by atoms with E-state index >= 15 is 0 Å². The summed E-state index contributed by atoms with van der Waals surface area (Å²) in [4.78, 5) is 2.45. The second kappa shape index (κ2) is 6.64. The molecule has 0 aromatic heterocycles. The fourth-order valence-electron chi connectivity index (χ4n) is 2.44. The Morgan fingerprint density at radius 3 is 2.44 bits per heavy atom. The maximum absolute atomic E-state index is 5.20. The van der Waals surface area contributed by atoms with E-state index in [-0.39, 0.29) is 0 Å². The first-order valence-corrected chi connectivity index (χ1v) is 6.94. The van der Waals surface area contributed by atoms with Crippen molar-refractivity contribution in [2.75, 3.05) is 37.0 Å². The zero-order valence-electron chi connectivity index (χ0n) is 11.5. The van der Waals surface area contributed by atoms with Gasteiger partial charge in [0, 0.05) is 37.6 Å². The van der Waals surface area contributed by atoms with Crippen molar-refractivity contribution in [1.29, 1.82) is 0 Å². The highest BCUT2D eigenvalue weighted by molar-refractivity contribution is 5.55. The molecule has 1 heterocycles. The molecule has 0 radical (unpaired) electrons. The smallest absolute Gasteiger partial charge is 0.0663 e. The molecule has 0 bridgehead atoms. The van der Waals surface area contributed by atoms with Crippen LogP contribution >= 0.6 is 0 Å². The summed E-state index contributed by atoms with van der Waals surface area (Å²) in [5.74, 6) is 0. The minimum Gasteiger partial charge on any atom is -0.383 e. The Morgan fingerprint density at radius 1 is 1.22 bits per heavy atom. The van der Waals surface area contributed by atoms with Gasteiger partial charge in [-0.1, -0.05) is 6.92 Å². The summed E-state index contributed by atoms with van der Waals surface area (Å²) < 4.78 is 5.20. The molecular formula is C15H24N2O. The fourth-order valence-corrected chi connectivity index (χ4v) is 2.44. The van der Waals surface area contributed by atoms with E-state index in [9.17, 15) is 0 Å². The molecular weight excluding hydrogens is 224 g/mol. The van der Waals surface area contributed by atoms with Gasteiger partial charge in [-0.05, 0) is 43.5 Å². The van der Waals surface area contributed by atoms with E-state index in [4.69, 9.17) is 4.74 Å². The Morgan fingerprint density at radius 2 is 1.89 bits per heavy atom. The molecule has 1 unspecified atom stereocenters. The van der Waals surface area contributed by atoms with Crippen molar-refractivity contribution >= 4 is 11.4 Å². The Balaban J connectivity index is 1.94. The lowest BCUT2D eigenvalue weighted by molar-refractivity contribution is 0.184. The summed E-state index contributed by atoms with van der Waals surface area (Å²) in [6, 6.07) is 9.17. The summed E-state index contributed by atoms with van der Waals surface area (Å²) in [6.45, 7) is 5.34. The number of anilines is 2. The first-order valence-electron chi connectivity index (χ1n) is 6.94. The Kier molecular flexibility index (Phi) is 4.88. The Hall–Kier alpha value is -1.22. The highest BCUT2D eigenvalue weighted by atomic mass is 16.5. The Labute approximate surface area is 110 Å². The predicted octanol–water partition coefficient (Wildman–Crippen LogP) is 3.12. The van der Waals surface area contributed by atoms with Crippen LogP contribution in [0.1, 0.15) is 26.2 Å². The fraction of sp³-hybridized carbons (Fsp3) is 0.600. The number of benzene rings is 1. The van der Waals surface area contributed by atoms with Crippen molar-refractivity contribution in [1.82, 2.24) is 0 Å². The van der Waals surface area contributed by atoms with Crippen molar-refractivity contribution in [3.05, 3.63) is 24.3 Å². The van der Waals surface area contributed by atoms with Crippen LogP contribution in [-0.4, -0.2) is 32.8 Å². The van der Waals surface area contributed by atoms with Crippen molar-refractivity contribution in [3.8, 4) is 0 Å². The summed E-state index contributed by atoms with van der Waals surface area (Å²) in [7, 11) is 1.75. The van der Waals surface area contributed by atoms with Crippen molar-refractivity contribution < 1.29 is 4.74 Å². The molecule has 1 aliphatic rings. The summed E-state index contributed by atoms with van der Waals surface area (Å²) in [6.07, 6.45) is 3.72. The van der Waals surface area contributed by atoms with Crippen LogP contribution in [0.4, 0.5) is 11.4 Å². The van der Waals surface area contributed by atoms with Crippen LogP contribution in [0.3, 0.4) is 0 Å². The maximum atomic E-state index is 5.20. The quantitative estimate of drug-likeness (QED) is 0.837. The number of methoxy groups -OCH3 is 1. The molecule has 1 aliphatic heterocycles. The molecule has 18 heavy (non-hydrogen) atoms. The van der Waals surface area contributed by atoms with Crippen LogP contribution < -0.4 is 10.2 Å². The molecule has 3 heteroatoms. The lowest BCUT2D eigenvalue weighted by atomic mass is 10.2. The standard InChI is InChI=1S/C15H24N2O/c1-3-13(12-18-2)16-14-6-8-15(9-7-14)17-10-4-5-11-17/h6-9,13,16H,3-5,10-12H2,1-2H3. The monoisotopic (exact) mass is 248 g/mol. The van der Waals surface area contributed by atoms with Gasteiger partial charge in [-0.25, -0.2) is 0 Å². The highest BCUT2D eigenvalue weighted by Gasteiger charge is 2.12. The van der Waals surface area contributed by atoms with Gasteiger partial charge in [0.15, 0.2) is 0 Å². The molecule has 0 spiro atoms. The second-order valence-corrected chi connectivity index (χ2v) is 4.95. The van der Waals surface area contributed by atoms with Gasteiger partial charge in [0.05, 0.1) is 6.61 Å². The van der Waals surface area contributed by atoms with Gasteiger partial charge in [0.1, 0.15) is 0 Å². The molecule has 0 amide bonds. The van der Waals surface area contributed by atoms with Crippen molar-refractivity contribution in [3.63, 3.8) is 0 Å². The average Bonchev–Trinajstić information content (AvgIpc) is 2.93. The van der Waals surface area contributed by atoms with E-state index in [2.05, 4.69) is 41.4 Å². The van der Waals surface area contributed by atoms with Crippen LogP contribution in [0.25, 0.3) is 0 Å². The first kappa shape index (κ1) is 13.2. The SMILES string of the molecule is CCC(COC)Nc1ccc(N2CCCC2)cc1. The van der Waals surface area contributed by atoms with Crippen LogP contribution in [0, 0.1) is 0 Å². The van der Waals surface area contributed by atoms with Crippen molar-refractivity contribution in [2.45, 2.75) is 32.2 Å². The van der Waals surface area contributed by atoms with Gasteiger partial charge in [0.25, 0.3) is 0 Å². The predicted molar refractivity (Wildman–Crippen MR) is 77.5 cm³/mol. The summed E-state index contributed by atoms with van der Waals surface area (Å²) >= 11 is 0. The van der Waals surface area contributed by atoms with E-state index in [0.29, 0.717) is 6.04 Å². The highest BCUT2D eigenvalue weighted by Crippen LogP contribution is 2.22. The first-order chi connectivity index (χ1) is 8.83. The van der Waals surface area contributed by atoms with E-state index in [1.807, 2.05) is 0 Å². The number of hydrogen-bond donors (Lipinski definition) is 1. The van der Waals surface area contributed by atoms with Crippen LogP contribution in [0.2, 0.25) is 0 Å².